The number of hydrogen-bond donors (Lipinski definition) is 3. The summed E-state index contributed by atoms with van der Waals surface area (Å²) < 4.78 is 0. The van der Waals surface area contributed by atoms with E-state index in [1.807, 2.05) is 37.3 Å². The van der Waals surface area contributed by atoms with Gasteiger partial charge in [-0.3, -0.25) is 4.79 Å². The van der Waals surface area contributed by atoms with Gasteiger partial charge in [-0.1, -0.05) is 41.9 Å². The summed E-state index contributed by atoms with van der Waals surface area (Å²) in [6.07, 6.45) is 2.19. The van der Waals surface area contributed by atoms with Crippen LogP contribution in [0.3, 0.4) is 0 Å². The lowest BCUT2D eigenvalue weighted by Gasteiger charge is -2.39. The van der Waals surface area contributed by atoms with E-state index in [0.717, 1.165) is 12.0 Å². The van der Waals surface area contributed by atoms with Crippen LogP contribution in [0.1, 0.15) is 37.8 Å². The summed E-state index contributed by atoms with van der Waals surface area (Å²) in [5.74, 6) is -0.151. The van der Waals surface area contributed by atoms with Crippen molar-refractivity contribution in [2.24, 2.45) is 16.3 Å². The molecule has 1 aliphatic carbocycles. The summed E-state index contributed by atoms with van der Waals surface area (Å²) >= 11 is 0. The number of nitrogens with zero attached hydrogens (tertiary/aromatic N) is 1. The molecule has 2 rings (SSSR count). The van der Waals surface area contributed by atoms with Crippen molar-refractivity contribution in [3.8, 4) is 0 Å². The molecule has 1 unspecified atom stereocenters. The van der Waals surface area contributed by atoms with E-state index in [1.165, 1.54) is 0 Å². The smallest absolute Gasteiger partial charge is 0.234 e. The van der Waals surface area contributed by atoms with E-state index in [2.05, 4.69) is 10.5 Å². The first kappa shape index (κ1) is 13.4. The van der Waals surface area contributed by atoms with Crippen LogP contribution in [0.4, 0.5) is 0 Å². The van der Waals surface area contributed by atoms with Crippen LogP contribution >= 0.6 is 0 Å². The second-order valence-corrected chi connectivity index (χ2v) is 5.03. The van der Waals surface area contributed by atoms with E-state index in [1.54, 1.807) is 0 Å². The van der Waals surface area contributed by atoms with E-state index in [0.29, 0.717) is 12.8 Å². The van der Waals surface area contributed by atoms with Gasteiger partial charge in [0.15, 0.2) is 5.84 Å². The molecular weight excluding hydrogens is 242 g/mol. The van der Waals surface area contributed by atoms with Crippen molar-refractivity contribution in [1.82, 2.24) is 5.32 Å². The minimum Gasteiger partial charge on any atom is -0.409 e. The van der Waals surface area contributed by atoms with Crippen molar-refractivity contribution in [2.75, 3.05) is 0 Å². The first-order valence-electron chi connectivity index (χ1n) is 6.44. The maximum atomic E-state index is 12.3. The molecular formula is C14H19N3O2. The number of oxime groups is 1. The Kier molecular flexibility index (Phi) is 3.74. The number of benzene rings is 1. The molecule has 5 heteroatoms. The predicted molar refractivity (Wildman–Crippen MR) is 72.7 cm³/mol. The highest BCUT2D eigenvalue weighted by molar-refractivity contribution is 6.07. The van der Waals surface area contributed by atoms with E-state index in [-0.39, 0.29) is 17.8 Å². The number of hydrogen-bond acceptors (Lipinski definition) is 3. The first-order chi connectivity index (χ1) is 9.10. The Morgan fingerprint density at radius 3 is 2.53 bits per heavy atom. The topological polar surface area (TPSA) is 87.7 Å². The number of amides is 1. The van der Waals surface area contributed by atoms with Crippen LogP contribution in [-0.4, -0.2) is 17.0 Å². The number of amidine groups is 1. The van der Waals surface area contributed by atoms with Crippen LogP contribution in [0.15, 0.2) is 35.5 Å². The molecule has 1 atom stereocenters. The Bertz CT molecular complexity index is 481. The third kappa shape index (κ3) is 2.41. The first-order valence-corrected chi connectivity index (χ1v) is 6.44. The maximum Gasteiger partial charge on any atom is 0.234 e. The molecule has 0 heterocycles. The molecule has 102 valence electrons. The number of nitrogens with two attached hydrogens (primary N) is 1. The molecule has 0 saturated heterocycles. The fourth-order valence-electron chi connectivity index (χ4n) is 2.39. The minimum absolute atomic E-state index is 0.0107. The molecule has 1 saturated carbocycles. The van der Waals surface area contributed by atoms with Gasteiger partial charge in [0.1, 0.15) is 5.41 Å². The van der Waals surface area contributed by atoms with Gasteiger partial charge in [0, 0.05) is 0 Å². The van der Waals surface area contributed by atoms with Crippen molar-refractivity contribution >= 4 is 11.7 Å². The molecule has 0 bridgehead atoms. The highest BCUT2D eigenvalue weighted by Gasteiger charge is 2.48. The van der Waals surface area contributed by atoms with Gasteiger partial charge in [-0.05, 0) is 25.3 Å². The van der Waals surface area contributed by atoms with E-state index < -0.39 is 5.41 Å². The number of rotatable bonds is 4. The van der Waals surface area contributed by atoms with Gasteiger partial charge in [-0.25, -0.2) is 0 Å². The normalized spacial score (nSPS) is 19.3. The van der Waals surface area contributed by atoms with Crippen LogP contribution in [0, 0.1) is 5.41 Å². The van der Waals surface area contributed by atoms with E-state index in [4.69, 9.17) is 10.9 Å². The lowest BCUT2D eigenvalue weighted by molar-refractivity contribution is -0.131. The van der Waals surface area contributed by atoms with E-state index in [9.17, 15) is 4.79 Å². The summed E-state index contributed by atoms with van der Waals surface area (Å²) in [5, 5.41) is 14.8. The Morgan fingerprint density at radius 2 is 2.05 bits per heavy atom. The fraction of sp³-hybridized carbons (Fsp3) is 0.429. The monoisotopic (exact) mass is 261 g/mol. The summed E-state index contributed by atoms with van der Waals surface area (Å²) in [7, 11) is 0. The average Bonchev–Trinajstić information content (AvgIpc) is 2.38. The standard InChI is InChI=1S/C14H19N3O2/c1-10(11-6-3-2-4-7-11)16-13(18)14(8-5-9-14)12(15)17-19/h2-4,6-7,10,19H,5,8-9H2,1H3,(H2,15,17)(H,16,18). The lowest BCUT2D eigenvalue weighted by Crippen LogP contribution is -2.54. The quantitative estimate of drug-likeness (QED) is 0.334. The maximum absolute atomic E-state index is 12.3. The molecule has 0 radical (unpaired) electrons. The molecule has 0 spiro atoms. The summed E-state index contributed by atoms with van der Waals surface area (Å²) in [6, 6.07) is 9.62. The van der Waals surface area contributed by atoms with Crippen LogP contribution < -0.4 is 11.1 Å². The third-order valence-corrected chi connectivity index (χ3v) is 3.89. The van der Waals surface area contributed by atoms with Crippen molar-refractivity contribution in [3.05, 3.63) is 35.9 Å². The zero-order valence-corrected chi connectivity index (χ0v) is 11.0. The molecule has 1 aliphatic rings. The predicted octanol–water partition coefficient (Wildman–Crippen LogP) is 1.78. The molecule has 4 N–H and O–H groups in total. The minimum atomic E-state index is -0.822. The Morgan fingerprint density at radius 1 is 1.42 bits per heavy atom. The lowest BCUT2D eigenvalue weighted by atomic mass is 9.67. The Balaban J connectivity index is 2.09. The highest BCUT2D eigenvalue weighted by atomic mass is 16.4. The number of carbonyl (C=O) groups is 1. The van der Waals surface area contributed by atoms with Crippen molar-refractivity contribution in [2.45, 2.75) is 32.2 Å². The highest BCUT2D eigenvalue weighted by Crippen LogP contribution is 2.41. The molecule has 1 aromatic carbocycles. The van der Waals surface area contributed by atoms with Gasteiger partial charge < -0.3 is 16.3 Å². The van der Waals surface area contributed by atoms with Gasteiger partial charge in [0.2, 0.25) is 5.91 Å². The molecule has 19 heavy (non-hydrogen) atoms. The third-order valence-electron chi connectivity index (χ3n) is 3.89. The molecule has 1 amide bonds. The van der Waals surface area contributed by atoms with E-state index >= 15 is 0 Å². The zero-order valence-electron chi connectivity index (χ0n) is 11.0. The zero-order chi connectivity index (χ0) is 13.9. The van der Waals surface area contributed by atoms with Crippen LogP contribution in [0.5, 0.6) is 0 Å². The summed E-state index contributed by atoms with van der Waals surface area (Å²) in [6.45, 7) is 1.92. The van der Waals surface area contributed by atoms with Crippen molar-refractivity contribution in [3.63, 3.8) is 0 Å². The summed E-state index contributed by atoms with van der Waals surface area (Å²) in [4.78, 5) is 12.3. The van der Waals surface area contributed by atoms with Gasteiger partial charge >= 0.3 is 0 Å². The van der Waals surface area contributed by atoms with Crippen LogP contribution in [0.25, 0.3) is 0 Å². The molecule has 1 aromatic rings. The molecule has 0 aromatic heterocycles. The molecule has 5 nitrogen and oxygen atoms in total. The van der Waals surface area contributed by atoms with Crippen molar-refractivity contribution < 1.29 is 10.0 Å². The average molecular weight is 261 g/mol. The Labute approximate surface area is 112 Å². The number of nitrogens with one attached hydrogen (secondary N) is 1. The SMILES string of the molecule is CC(NC(=O)C1(/C(N)=N/O)CCC1)c1ccccc1. The largest absolute Gasteiger partial charge is 0.409 e. The number of carbonyl (C=O) groups excluding carboxylic acids is 1. The van der Waals surface area contributed by atoms with Gasteiger partial charge in [-0.15, -0.1) is 0 Å². The van der Waals surface area contributed by atoms with Crippen LogP contribution in [-0.2, 0) is 4.79 Å². The fourth-order valence-corrected chi connectivity index (χ4v) is 2.39. The second-order valence-electron chi connectivity index (χ2n) is 5.03. The second kappa shape index (κ2) is 5.30. The van der Waals surface area contributed by atoms with Crippen LogP contribution in [0.2, 0.25) is 0 Å². The molecule has 0 aliphatic heterocycles. The van der Waals surface area contributed by atoms with Crippen molar-refractivity contribution in [1.29, 1.82) is 0 Å². The summed E-state index contributed by atoms with van der Waals surface area (Å²) in [5.41, 5.74) is 5.88. The molecule has 1 fully saturated rings. The Hall–Kier alpha value is -2.04. The van der Waals surface area contributed by atoms with Gasteiger partial charge in [-0.2, -0.15) is 0 Å². The van der Waals surface area contributed by atoms with Gasteiger partial charge in [0.25, 0.3) is 0 Å². The van der Waals surface area contributed by atoms with Gasteiger partial charge in [0.05, 0.1) is 6.04 Å².